The molecule has 1 aliphatic heterocycles. The minimum Gasteiger partial charge on any atom is -0.394 e. The Bertz CT molecular complexity index is 934. The second-order valence-electron chi connectivity index (χ2n) is 6.37. The van der Waals surface area contributed by atoms with Gasteiger partial charge in [0.05, 0.1) is 19.5 Å². The first-order valence-electron chi connectivity index (χ1n) is 8.49. The third kappa shape index (κ3) is 3.30. The Hall–Kier alpha value is -2.79. The van der Waals surface area contributed by atoms with Gasteiger partial charge in [-0.2, -0.15) is 9.97 Å². The summed E-state index contributed by atoms with van der Waals surface area (Å²) in [5, 5.41) is 32.4. The Morgan fingerprint density at radius 1 is 1.11 bits per heavy atom. The van der Waals surface area contributed by atoms with Crippen molar-refractivity contribution in [1.29, 1.82) is 0 Å². The second kappa shape index (κ2) is 7.08. The number of benzene rings is 1. The van der Waals surface area contributed by atoms with Crippen molar-refractivity contribution in [3.8, 4) is 0 Å². The van der Waals surface area contributed by atoms with Gasteiger partial charge >= 0.3 is 0 Å². The number of imidazole rings is 1. The van der Waals surface area contributed by atoms with Gasteiger partial charge in [0.15, 0.2) is 17.0 Å². The van der Waals surface area contributed by atoms with Gasteiger partial charge in [-0.3, -0.25) is 0 Å². The number of fused-ring (bicyclic) bond motifs is 1. The molecule has 0 amide bonds. The van der Waals surface area contributed by atoms with Gasteiger partial charge in [-0.15, -0.1) is 0 Å². The van der Waals surface area contributed by atoms with Crippen LogP contribution in [0.5, 0.6) is 0 Å². The second-order valence-corrected chi connectivity index (χ2v) is 6.37. The van der Waals surface area contributed by atoms with Crippen molar-refractivity contribution in [2.24, 2.45) is 0 Å². The molecule has 0 saturated carbocycles. The number of nitrogen functional groups attached to an aromatic ring is 1. The number of rotatable bonds is 5. The summed E-state index contributed by atoms with van der Waals surface area (Å²) >= 11 is 0. The average molecular weight is 372 g/mol. The molecule has 6 N–H and O–H groups in total. The molecular weight excluding hydrogens is 352 g/mol. The average Bonchev–Trinajstić information content (AvgIpc) is 3.19. The molecule has 0 bridgehead atoms. The van der Waals surface area contributed by atoms with Crippen LogP contribution in [0.15, 0.2) is 36.7 Å². The highest BCUT2D eigenvalue weighted by Gasteiger charge is 2.42. The van der Waals surface area contributed by atoms with Gasteiger partial charge in [-0.25, -0.2) is 4.98 Å². The van der Waals surface area contributed by atoms with Crippen LogP contribution in [0.1, 0.15) is 0 Å². The highest BCUT2D eigenvalue weighted by molar-refractivity contribution is 5.86. The predicted octanol–water partition coefficient (Wildman–Crippen LogP) is -0.366. The molecule has 1 saturated heterocycles. The predicted molar refractivity (Wildman–Crippen MR) is 97.2 cm³/mol. The van der Waals surface area contributed by atoms with Crippen molar-refractivity contribution in [2.75, 3.05) is 17.7 Å². The van der Waals surface area contributed by atoms with E-state index < -0.39 is 24.4 Å². The summed E-state index contributed by atoms with van der Waals surface area (Å²) < 4.78 is 7.20. The minimum absolute atomic E-state index is 0.0730. The van der Waals surface area contributed by atoms with E-state index in [2.05, 4.69) is 20.3 Å². The summed E-state index contributed by atoms with van der Waals surface area (Å²) in [6.45, 7) is -0.188. The number of hydrogen-bond donors (Lipinski definition) is 5. The summed E-state index contributed by atoms with van der Waals surface area (Å²) in [6.07, 6.45) is -2.26. The van der Waals surface area contributed by atoms with Crippen LogP contribution in [0.4, 0.5) is 17.5 Å². The topological polar surface area (TPSA) is 152 Å². The number of ether oxygens (including phenoxy) is 1. The number of aliphatic hydroxyl groups is 3. The van der Waals surface area contributed by atoms with E-state index in [0.717, 1.165) is 5.69 Å². The Balaban J connectivity index is 1.64. The first-order chi connectivity index (χ1) is 13.1. The number of nitrogens with zero attached hydrogens (tertiary/aromatic N) is 4. The van der Waals surface area contributed by atoms with E-state index in [9.17, 15) is 15.3 Å². The summed E-state index contributed by atoms with van der Waals surface area (Å²) in [7, 11) is 0. The first-order valence-corrected chi connectivity index (χ1v) is 8.49. The Morgan fingerprint density at radius 2 is 1.85 bits per heavy atom. The third-order valence-electron chi connectivity index (χ3n) is 4.54. The molecule has 2 aromatic heterocycles. The van der Waals surface area contributed by atoms with Crippen LogP contribution in [-0.4, -0.2) is 65.9 Å². The van der Waals surface area contributed by atoms with Crippen molar-refractivity contribution in [3.63, 3.8) is 0 Å². The maximum Gasteiger partial charge on any atom is 0.224 e. The Labute approximate surface area is 154 Å². The molecule has 1 aromatic carbocycles. The van der Waals surface area contributed by atoms with Crippen molar-refractivity contribution in [1.82, 2.24) is 19.5 Å². The number of aromatic nitrogens is 4. The van der Waals surface area contributed by atoms with Gasteiger partial charge < -0.3 is 35.7 Å². The summed E-state index contributed by atoms with van der Waals surface area (Å²) in [5.74, 6) is 0.535. The zero-order chi connectivity index (χ0) is 19.0. The van der Waals surface area contributed by atoms with Gasteiger partial charge in [0.2, 0.25) is 5.95 Å². The maximum atomic E-state index is 10.1. The molecule has 3 aromatic rings. The monoisotopic (exact) mass is 372 g/mol. The molecule has 4 atom stereocenters. The molecule has 0 unspecified atom stereocenters. The van der Waals surface area contributed by atoms with E-state index in [4.69, 9.17) is 10.5 Å². The molecule has 1 fully saturated rings. The van der Waals surface area contributed by atoms with E-state index in [-0.39, 0.29) is 19.1 Å². The smallest absolute Gasteiger partial charge is 0.224 e. The van der Waals surface area contributed by atoms with Crippen molar-refractivity contribution < 1.29 is 20.1 Å². The largest absolute Gasteiger partial charge is 0.394 e. The maximum absolute atomic E-state index is 10.1. The normalized spacial score (nSPS) is 25.1. The van der Waals surface area contributed by atoms with Crippen molar-refractivity contribution in [3.05, 3.63) is 36.7 Å². The van der Waals surface area contributed by atoms with E-state index in [1.807, 2.05) is 30.3 Å². The van der Waals surface area contributed by atoms with Crippen LogP contribution in [0.25, 0.3) is 11.2 Å². The van der Waals surface area contributed by atoms with Crippen molar-refractivity contribution >= 4 is 28.6 Å². The molecule has 3 heterocycles. The van der Waals surface area contributed by atoms with Crippen molar-refractivity contribution in [2.45, 2.75) is 31.0 Å². The fourth-order valence-electron chi connectivity index (χ4n) is 3.16. The highest BCUT2D eigenvalue weighted by atomic mass is 16.6. The number of hydrogen-bond acceptors (Lipinski definition) is 9. The number of nitrogens with two attached hydrogens (primary N) is 1. The zero-order valence-electron chi connectivity index (χ0n) is 14.3. The molecule has 10 heteroatoms. The summed E-state index contributed by atoms with van der Waals surface area (Å²) in [6, 6.07) is 9.47. The van der Waals surface area contributed by atoms with Crippen LogP contribution < -0.4 is 11.1 Å². The molecule has 0 radical (unpaired) electrons. The van der Waals surface area contributed by atoms with Crippen LogP contribution >= 0.6 is 0 Å². The quantitative estimate of drug-likeness (QED) is 0.404. The lowest BCUT2D eigenvalue weighted by Gasteiger charge is -2.15. The summed E-state index contributed by atoms with van der Waals surface area (Å²) in [5.41, 5.74) is 7.66. The third-order valence-corrected chi connectivity index (χ3v) is 4.54. The van der Waals surface area contributed by atoms with Gasteiger partial charge in [-0.1, -0.05) is 18.2 Å². The van der Waals surface area contributed by atoms with Crippen LogP contribution in [-0.2, 0) is 11.3 Å². The fourth-order valence-corrected chi connectivity index (χ4v) is 3.16. The lowest BCUT2D eigenvalue weighted by molar-refractivity contribution is -0.0262. The summed E-state index contributed by atoms with van der Waals surface area (Å²) in [4.78, 5) is 12.8. The minimum atomic E-state index is -1.15. The van der Waals surface area contributed by atoms with Crippen LogP contribution in [0.2, 0.25) is 0 Å². The van der Waals surface area contributed by atoms with Gasteiger partial charge in [0.1, 0.15) is 24.4 Å². The standard InChI is InChI=1S/C17H20N6O4/c18-17-21-15(20-9-4-2-1-3-5-9)12-16(22-17)23(8-19-12)6-10-13(25)14(26)11(7-24)27-10/h1-5,8,10-11,13-14,24-26H,6-7H2,(H3,18,20,21,22)/t10-,11+,13-,14+/m0/s1. The Kier molecular flexibility index (Phi) is 4.62. The SMILES string of the molecule is Nc1nc(Nc2ccccc2)c2ncn(C[C@@H]3O[C@H](CO)[C@@H](O)[C@H]3O)c2n1. The molecule has 0 spiro atoms. The van der Waals surface area contributed by atoms with E-state index in [1.165, 1.54) is 0 Å². The van der Waals surface area contributed by atoms with Gasteiger partial charge in [0.25, 0.3) is 0 Å². The molecule has 1 aliphatic rings. The van der Waals surface area contributed by atoms with Crippen LogP contribution in [0.3, 0.4) is 0 Å². The molecule has 10 nitrogen and oxygen atoms in total. The molecular formula is C17H20N6O4. The van der Waals surface area contributed by atoms with E-state index >= 15 is 0 Å². The lowest BCUT2D eigenvalue weighted by Crippen LogP contribution is -2.35. The molecule has 0 aliphatic carbocycles. The first kappa shape index (κ1) is 17.6. The number of anilines is 3. The lowest BCUT2D eigenvalue weighted by atomic mass is 10.1. The number of para-hydroxylation sites is 1. The molecule has 27 heavy (non-hydrogen) atoms. The van der Waals surface area contributed by atoms with E-state index in [1.54, 1.807) is 10.9 Å². The van der Waals surface area contributed by atoms with Gasteiger partial charge in [-0.05, 0) is 12.1 Å². The van der Waals surface area contributed by atoms with E-state index in [0.29, 0.717) is 17.0 Å². The van der Waals surface area contributed by atoms with Gasteiger partial charge in [0, 0.05) is 5.69 Å². The fraction of sp³-hybridized carbons (Fsp3) is 0.353. The zero-order valence-corrected chi connectivity index (χ0v) is 14.3. The Morgan fingerprint density at radius 3 is 2.56 bits per heavy atom. The molecule has 4 rings (SSSR count). The number of nitrogens with one attached hydrogen (secondary N) is 1. The molecule has 142 valence electrons. The van der Waals surface area contributed by atoms with Crippen LogP contribution in [0, 0.1) is 0 Å². The highest BCUT2D eigenvalue weighted by Crippen LogP contribution is 2.26. The number of aliphatic hydroxyl groups excluding tert-OH is 3.